The number of ether oxygens (including phenoxy) is 1. The Morgan fingerprint density at radius 2 is 2.03 bits per heavy atom. The normalized spacial score (nSPS) is 10.7. The number of unbranched alkanes of at least 4 members (excludes halogenated alkanes) is 2. The van der Waals surface area contributed by atoms with Gasteiger partial charge in [0.15, 0.2) is 0 Å². The molecule has 158 valence electrons. The molecule has 0 atom stereocenters. The average molecular weight is 415 g/mol. The van der Waals surface area contributed by atoms with Crippen LogP contribution in [0.5, 0.6) is 5.75 Å². The predicted octanol–water partition coefficient (Wildman–Crippen LogP) is 4.63. The molecule has 31 heavy (non-hydrogen) atoms. The number of aryl methyl sites for hydroxylation is 1. The van der Waals surface area contributed by atoms with Crippen molar-refractivity contribution < 1.29 is 4.74 Å². The number of H-pyrrole nitrogens is 1. The molecule has 0 aliphatic rings. The van der Waals surface area contributed by atoms with Gasteiger partial charge in [0.05, 0.1) is 18.5 Å². The number of hydrogen-bond donors (Lipinski definition) is 2. The zero-order chi connectivity index (χ0) is 22.1. The van der Waals surface area contributed by atoms with Crippen molar-refractivity contribution in [2.45, 2.75) is 33.1 Å². The van der Waals surface area contributed by atoms with E-state index in [0.29, 0.717) is 17.9 Å². The van der Waals surface area contributed by atoms with Crippen molar-refractivity contribution in [2.75, 3.05) is 12.0 Å². The molecule has 3 aromatic rings. The SMILES string of the molecule is CCCCCOc1cc(C=NNc2nc(-c3ccccc3)c(C#N)c(=O)[nH]2)ccc1C. The van der Waals surface area contributed by atoms with Gasteiger partial charge in [-0.2, -0.15) is 10.4 Å². The molecule has 0 bridgehead atoms. The minimum Gasteiger partial charge on any atom is -0.493 e. The van der Waals surface area contributed by atoms with Gasteiger partial charge in [-0.3, -0.25) is 9.78 Å². The zero-order valence-electron chi connectivity index (χ0n) is 17.7. The molecule has 0 unspecified atom stereocenters. The van der Waals surface area contributed by atoms with Crippen LogP contribution in [0.3, 0.4) is 0 Å². The van der Waals surface area contributed by atoms with Crippen molar-refractivity contribution in [3.63, 3.8) is 0 Å². The lowest BCUT2D eigenvalue weighted by Gasteiger charge is -2.09. The summed E-state index contributed by atoms with van der Waals surface area (Å²) in [7, 11) is 0. The fourth-order valence-electron chi connectivity index (χ4n) is 2.99. The van der Waals surface area contributed by atoms with Gasteiger partial charge in [0.2, 0.25) is 5.95 Å². The second kappa shape index (κ2) is 10.7. The third-order valence-corrected chi connectivity index (χ3v) is 4.68. The van der Waals surface area contributed by atoms with Crippen LogP contribution < -0.4 is 15.7 Å². The molecule has 7 heteroatoms. The van der Waals surface area contributed by atoms with Gasteiger partial charge in [-0.1, -0.05) is 62.2 Å². The number of hydrogen-bond acceptors (Lipinski definition) is 6. The van der Waals surface area contributed by atoms with Crippen molar-refractivity contribution in [3.05, 3.63) is 75.6 Å². The van der Waals surface area contributed by atoms with Crippen LogP contribution in [0.2, 0.25) is 0 Å². The first-order valence-electron chi connectivity index (χ1n) is 10.2. The molecule has 0 spiro atoms. The van der Waals surface area contributed by atoms with E-state index in [-0.39, 0.29) is 11.5 Å². The molecule has 3 rings (SSSR count). The van der Waals surface area contributed by atoms with Gasteiger partial charge >= 0.3 is 0 Å². The maximum atomic E-state index is 12.3. The smallest absolute Gasteiger partial charge is 0.270 e. The van der Waals surface area contributed by atoms with E-state index < -0.39 is 5.56 Å². The lowest BCUT2D eigenvalue weighted by Crippen LogP contribution is -2.16. The van der Waals surface area contributed by atoms with Crippen LogP contribution in [-0.4, -0.2) is 22.8 Å². The van der Waals surface area contributed by atoms with Crippen molar-refractivity contribution in [1.82, 2.24) is 9.97 Å². The number of nitrogens with one attached hydrogen (secondary N) is 2. The van der Waals surface area contributed by atoms with E-state index in [9.17, 15) is 10.1 Å². The first-order chi connectivity index (χ1) is 15.1. The number of benzene rings is 2. The molecule has 1 aromatic heterocycles. The fourth-order valence-corrected chi connectivity index (χ4v) is 2.99. The number of hydrazone groups is 1. The topological polar surface area (TPSA) is 103 Å². The van der Waals surface area contributed by atoms with Gasteiger partial charge in [0, 0.05) is 5.56 Å². The molecule has 0 fully saturated rings. The maximum absolute atomic E-state index is 12.3. The Labute approximate surface area is 181 Å². The maximum Gasteiger partial charge on any atom is 0.270 e. The second-order valence-corrected chi connectivity index (χ2v) is 7.07. The summed E-state index contributed by atoms with van der Waals surface area (Å²) in [6, 6.07) is 16.9. The van der Waals surface area contributed by atoms with Crippen LogP contribution in [0.15, 0.2) is 58.4 Å². The lowest BCUT2D eigenvalue weighted by atomic mass is 10.1. The Balaban J connectivity index is 1.76. The summed E-state index contributed by atoms with van der Waals surface area (Å²) in [5.41, 5.74) is 5.08. The summed E-state index contributed by atoms with van der Waals surface area (Å²) < 4.78 is 5.88. The van der Waals surface area contributed by atoms with Gasteiger partial charge < -0.3 is 4.74 Å². The highest BCUT2D eigenvalue weighted by Crippen LogP contribution is 2.20. The van der Waals surface area contributed by atoms with Crippen molar-refractivity contribution >= 4 is 12.2 Å². The number of nitriles is 1. The van der Waals surface area contributed by atoms with Gasteiger partial charge in [0.25, 0.3) is 5.56 Å². The number of aromatic nitrogens is 2. The molecule has 0 saturated heterocycles. The first kappa shape index (κ1) is 21.8. The van der Waals surface area contributed by atoms with E-state index >= 15 is 0 Å². The standard InChI is InChI=1S/C24H25N5O2/c1-3-4-8-13-31-21-14-18(12-11-17(21)2)16-26-29-24-27-22(19-9-6-5-7-10-19)20(15-25)23(30)28-24/h5-7,9-12,14,16H,3-4,8,13H2,1-2H3,(H2,27,28,29,30). The van der Waals surface area contributed by atoms with Crippen LogP contribution in [0.25, 0.3) is 11.3 Å². The third-order valence-electron chi connectivity index (χ3n) is 4.68. The molecular weight excluding hydrogens is 390 g/mol. The highest BCUT2D eigenvalue weighted by molar-refractivity contribution is 5.81. The van der Waals surface area contributed by atoms with Crippen molar-refractivity contribution in [1.29, 1.82) is 5.26 Å². The molecular formula is C24H25N5O2. The molecule has 7 nitrogen and oxygen atoms in total. The van der Waals surface area contributed by atoms with Crippen LogP contribution in [0.1, 0.15) is 42.9 Å². The second-order valence-electron chi connectivity index (χ2n) is 7.07. The first-order valence-corrected chi connectivity index (χ1v) is 10.2. The number of rotatable bonds is 9. The lowest BCUT2D eigenvalue weighted by molar-refractivity contribution is 0.304. The van der Waals surface area contributed by atoms with E-state index in [1.165, 1.54) is 0 Å². The summed E-state index contributed by atoms with van der Waals surface area (Å²) >= 11 is 0. The van der Waals surface area contributed by atoms with Gasteiger partial charge in [-0.25, -0.2) is 10.4 Å². The Morgan fingerprint density at radius 1 is 1.23 bits per heavy atom. The quantitative estimate of drug-likeness (QED) is 0.301. The van der Waals surface area contributed by atoms with Gasteiger partial charge in [-0.05, 0) is 30.5 Å². The zero-order valence-corrected chi connectivity index (χ0v) is 17.7. The monoisotopic (exact) mass is 415 g/mol. The number of anilines is 1. The molecule has 1 heterocycles. The minimum atomic E-state index is -0.521. The molecule has 0 amide bonds. The summed E-state index contributed by atoms with van der Waals surface area (Å²) in [6.07, 6.45) is 4.94. The van der Waals surface area contributed by atoms with E-state index in [1.807, 2.05) is 49.4 Å². The summed E-state index contributed by atoms with van der Waals surface area (Å²) in [4.78, 5) is 19.2. The minimum absolute atomic E-state index is 0.0378. The summed E-state index contributed by atoms with van der Waals surface area (Å²) in [5.74, 6) is 0.985. The molecule has 0 aliphatic carbocycles. The molecule has 0 saturated carbocycles. The average Bonchev–Trinajstić information content (AvgIpc) is 2.79. The van der Waals surface area contributed by atoms with E-state index in [0.717, 1.165) is 36.1 Å². The highest BCUT2D eigenvalue weighted by atomic mass is 16.5. The summed E-state index contributed by atoms with van der Waals surface area (Å²) in [6.45, 7) is 4.85. The van der Waals surface area contributed by atoms with Crippen LogP contribution >= 0.6 is 0 Å². The van der Waals surface area contributed by atoms with Crippen LogP contribution in [0, 0.1) is 18.3 Å². The predicted molar refractivity (Wildman–Crippen MR) is 122 cm³/mol. The Kier molecular flexibility index (Phi) is 7.55. The fraction of sp³-hybridized carbons (Fsp3) is 0.250. The Morgan fingerprint density at radius 3 is 2.77 bits per heavy atom. The van der Waals surface area contributed by atoms with Gasteiger partial charge in [0.1, 0.15) is 17.4 Å². The van der Waals surface area contributed by atoms with E-state index in [2.05, 4.69) is 27.4 Å². The Hall–Kier alpha value is -3.92. The van der Waals surface area contributed by atoms with E-state index in [4.69, 9.17) is 4.74 Å². The highest BCUT2D eigenvalue weighted by Gasteiger charge is 2.12. The van der Waals surface area contributed by atoms with Crippen LogP contribution in [0.4, 0.5) is 5.95 Å². The third kappa shape index (κ3) is 5.80. The number of aromatic amines is 1. The Bertz CT molecular complexity index is 1150. The largest absolute Gasteiger partial charge is 0.493 e. The van der Waals surface area contributed by atoms with Crippen molar-refractivity contribution in [3.8, 4) is 23.1 Å². The molecule has 0 radical (unpaired) electrons. The van der Waals surface area contributed by atoms with Gasteiger partial charge in [-0.15, -0.1) is 0 Å². The number of nitrogens with zero attached hydrogens (tertiary/aromatic N) is 3. The van der Waals surface area contributed by atoms with E-state index in [1.54, 1.807) is 18.3 Å². The molecule has 2 N–H and O–H groups in total. The van der Waals surface area contributed by atoms with Crippen LogP contribution in [-0.2, 0) is 0 Å². The van der Waals surface area contributed by atoms with Crippen molar-refractivity contribution in [2.24, 2.45) is 5.10 Å². The molecule has 0 aliphatic heterocycles. The molecule has 2 aromatic carbocycles. The summed E-state index contributed by atoms with van der Waals surface area (Å²) in [5, 5.41) is 13.5.